The van der Waals surface area contributed by atoms with Crippen molar-refractivity contribution in [2.45, 2.75) is 6.42 Å². The lowest BCUT2D eigenvalue weighted by Crippen LogP contribution is -2.09. The molecule has 1 rings (SSSR count). The SMILES string of the molecule is NC1=CC=C(F)CC=C1C(=O)O. The van der Waals surface area contributed by atoms with Crippen LogP contribution in [0.15, 0.2) is 35.3 Å². The topological polar surface area (TPSA) is 63.3 Å². The van der Waals surface area contributed by atoms with Gasteiger partial charge in [-0.15, -0.1) is 0 Å². The fourth-order valence-corrected chi connectivity index (χ4v) is 0.866. The number of rotatable bonds is 1. The van der Waals surface area contributed by atoms with Crippen molar-refractivity contribution in [3.63, 3.8) is 0 Å². The Balaban J connectivity index is 3.00. The van der Waals surface area contributed by atoms with Gasteiger partial charge in [0.1, 0.15) is 5.83 Å². The van der Waals surface area contributed by atoms with Crippen LogP contribution in [0.4, 0.5) is 4.39 Å². The Morgan fingerprint density at radius 3 is 2.83 bits per heavy atom. The van der Waals surface area contributed by atoms with Crippen molar-refractivity contribution in [1.82, 2.24) is 0 Å². The van der Waals surface area contributed by atoms with E-state index in [0.717, 1.165) is 0 Å². The summed E-state index contributed by atoms with van der Waals surface area (Å²) >= 11 is 0. The highest BCUT2D eigenvalue weighted by Gasteiger charge is 2.11. The third-order valence-electron chi connectivity index (χ3n) is 1.49. The van der Waals surface area contributed by atoms with Gasteiger partial charge >= 0.3 is 5.97 Å². The molecule has 64 valence electrons. The number of hydrogen-bond donors (Lipinski definition) is 2. The molecule has 0 spiro atoms. The van der Waals surface area contributed by atoms with Gasteiger partial charge in [-0.3, -0.25) is 0 Å². The van der Waals surface area contributed by atoms with Crippen molar-refractivity contribution < 1.29 is 14.3 Å². The first-order chi connectivity index (χ1) is 5.61. The maximum Gasteiger partial charge on any atom is 0.337 e. The highest BCUT2D eigenvalue weighted by Crippen LogP contribution is 2.15. The van der Waals surface area contributed by atoms with E-state index < -0.39 is 11.8 Å². The molecule has 0 atom stereocenters. The van der Waals surface area contributed by atoms with Crippen molar-refractivity contribution in [1.29, 1.82) is 0 Å². The molecule has 0 aromatic carbocycles. The summed E-state index contributed by atoms with van der Waals surface area (Å²) in [5, 5.41) is 8.59. The number of halogens is 1. The Labute approximate surface area is 68.7 Å². The zero-order chi connectivity index (χ0) is 9.14. The molecular weight excluding hydrogens is 161 g/mol. The monoisotopic (exact) mass is 169 g/mol. The lowest BCUT2D eigenvalue weighted by atomic mass is 10.2. The number of carbonyl (C=O) groups is 1. The maximum atomic E-state index is 12.6. The number of hydrogen-bond acceptors (Lipinski definition) is 2. The standard InChI is InChI=1S/C8H8FNO2/c9-5-1-3-6(8(11)12)7(10)4-2-5/h2-4H,1,10H2,(H,11,12). The average Bonchev–Trinajstić information content (AvgIpc) is 2.14. The van der Waals surface area contributed by atoms with E-state index in [-0.39, 0.29) is 17.7 Å². The summed E-state index contributed by atoms with van der Waals surface area (Å²) in [6, 6.07) is 0. The van der Waals surface area contributed by atoms with Gasteiger partial charge in [0, 0.05) is 12.1 Å². The van der Waals surface area contributed by atoms with Crippen LogP contribution in [0.1, 0.15) is 6.42 Å². The van der Waals surface area contributed by atoms with Gasteiger partial charge < -0.3 is 10.8 Å². The minimum Gasteiger partial charge on any atom is -0.478 e. The van der Waals surface area contributed by atoms with E-state index in [1.54, 1.807) is 0 Å². The summed E-state index contributed by atoms with van der Waals surface area (Å²) in [6.07, 6.45) is 3.66. The predicted molar refractivity (Wildman–Crippen MR) is 41.8 cm³/mol. The Hall–Kier alpha value is -1.58. The molecule has 0 saturated carbocycles. The minimum absolute atomic E-state index is 0.0150. The van der Waals surface area contributed by atoms with Crippen LogP contribution in [0, 0.1) is 0 Å². The van der Waals surface area contributed by atoms with Gasteiger partial charge in [-0.1, -0.05) is 6.08 Å². The third kappa shape index (κ3) is 1.72. The zero-order valence-corrected chi connectivity index (χ0v) is 6.25. The molecule has 12 heavy (non-hydrogen) atoms. The molecule has 0 fully saturated rings. The molecule has 1 aliphatic rings. The molecular formula is C8H8FNO2. The Bertz CT molecular complexity index is 302. The molecule has 3 N–H and O–H groups in total. The lowest BCUT2D eigenvalue weighted by molar-refractivity contribution is -0.132. The highest BCUT2D eigenvalue weighted by molar-refractivity contribution is 5.91. The van der Waals surface area contributed by atoms with Crippen LogP contribution in [-0.2, 0) is 4.79 Å². The number of carboxylic acids is 1. The van der Waals surface area contributed by atoms with Gasteiger partial charge in [0.25, 0.3) is 0 Å². The first kappa shape index (κ1) is 8.52. The normalized spacial score (nSPS) is 17.2. The molecule has 3 nitrogen and oxygen atoms in total. The van der Waals surface area contributed by atoms with E-state index in [1.807, 2.05) is 0 Å². The van der Waals surface area contributed by atoms with Gasteiger partial charge in [0.15, 0.2) is 0 Å². The van der Waals surface area contributed by atoms with Crippen LogP contribution in [0.25, 0.3) is 0 Å². The molecule has 1 aliphatic carbocycles. The predicted octanol–water partition coefficient (Wildman–Crippen LogP) is 1.10. The van der Waals surface area contributed by atoms with Crippen molar-refractivity contribution in [2.24, 2.45) is 5.73 Å². The lowest BCUT2D eigenvalue weighted by Gasteiger charge is -1.98. The first-order valence-electron chi connectivity index (χ1n) is 3.37. The second kappa shape index (κ2) is 3.21. The minimum atomic E-state index is -1.13. The summed E-state index contributed by atoms with van der Waals surface area (Å²) < 4.78 is 12.6. The molecule has 0 saturated heterocycles. The average molecular weight is 169 g/mol. The van der Waals surface area contributed by atoms with E-state index in [9.17, 15) is 9.18 Å². The smallest absolute Gasteiger partial charge is 0.337 e. The van der Waals surface area contributed by atoms with E-state index in [0.29, 0.717) is 0 Å². The Kier molecular flexibility index (Phi) is 2.28. The Morgan fingerprint density at radius 2 is 2.25 bits per heavy atom. The molecule has 0 bridgehead atoms. The fourth-order valence-electron chi connectivity index (χ4n) is 0.866. The number of aliphatic carboxylic acids is 1. The number of nitrogens with two attached hydrogens (primary N) is 1. The molecule has 0 amide bonds. The molecule has 4 heteroatoms. The van der Waals surface area contributed by atoms with Crippen LogP contribution in [0.2, 0.25) is 0 Å². The van der Waals surface area contributed by atoms with Crippen molar-refractivity contribution in [3.05, 3.63) is 35.3 Å². The second-order valence-electron chi connectivity index (χ2n) is 2.36. The quantitative estimate of drug-likeness (QED) is 0.617. The fraction of sp³-hybridized carbons (Fsp3) is 0.125. The first-order valence-corrected chi connectivity index (χ1v) is 3.37. The summed E-state index contributed by atoms with van der Waals surface area (Å²) in [5.41, 5.74) is 5.38. The van der Waals surface area contributed by atoms with Crippen LogP contribution in [-0.4, -0.2) is 11.1 Å². The second-order valence-corrected chi connectivity index (χ2v) is 2.36. The van der Waals surface area contributed by atoms with Gasteiger partial charge in [0.2, 0.25) is 0 Å². The zero-order valence-electron chi connectivity index (χ0n) is 6.25. The number of carboxylic acid groups (broad SMARTS) is 1. The van der Waals surface area contributed by atoms with Crippen molar-refractivity contribution >= 4 is 5.97 Å². The van der Waals surface area contributed by atoms with Crippen molar-refractivity contribution in [2.75, 3.05) is 0 Å². The number of allylic oxidation sites excluding steroid dienone is 4. The van der Waals surface area contributed by atoms with Crippen LogP contribution < -0.4 is 5.73 Å². The molecule has 0 unspecified atom stereocenters. The molecule has 0 aliphatic heterocycles. The molecule has 0 aromatic rings. The van der Waals surface area contributed by atoms with Gasteiger partial charge in [-0.05, 0) is 12.2 Å². The third-order valence-corrected chi connectivity index (χ3v) is 1.49. The summed E-state index contributed by atoms with van der Waals surface area (Å²) in [5.74, 6) is -1.53. The van der Waals surface area contributed by atoms with Gasteiger partial charge in [-0.25, -0.2) is 9.18 Å². The van der Waals surface area contributed by atoms with Gasteiger partial charge in [-0.2, -0.15) is 0 Å². The Morgan fingerprint density at radius 1 is 1.58 bits per heavy atom. The highest BCUT2D eigenvalue weighted by atomic mass is 19.1. The van der Waals surface area contributed by atoms with E-state index in [4.69, 9.17) is 10.8 Å². The maximum absolute atomic E-state index is 12.6. The van der Waals surface area contributed by atoms with E-state index in [1.165, 1.54) is 18.2 Å². The summed E-state index contributed by atoms with van der Waals surface area (Å²) in [6.45, 7) is 0. The van der Waals surface area contributed by atoms with Crippen LogP contribution in [0.5, 0.6) is 0 Å². The molecule has 0 aromatic heterocycles. The van der Waals surface area contributed by atoms with Gasteiger partial charge in [0.05, 0.1) is 5.57 Å². The largest absolute Gasteiger partial charge is 0.478 e. The summed E-state index contributed by atoms with van der Waals surface area (Å²) in [4.78, 5) is 10.5. The van der Waals surface area contributed by atoms with E-state index in [2.05, 4.69) is 0 Å². The molecule has 0 radical (unpaired) electrons. The van der Waals surface area contributed by atoms with Crippen LogP contribution in [0.3, 0.4) is 0 Å². The summed E-state index contributed by atoms with van der Waals surface area (Å²) in [7, 11) is 0. The van der Waals surface area contributed by atoms with Crippen LogP contribution >= 0.6 is 0 Å². The van der Waals surface area contributed by atoms with E-state index >= 15 is 0 Å². The molecule has 0 heterocycles. The van der Waals surface area contributed by atoms with Crippen molar-refractivity contribution in [3.8, 4) is 0 Å².